The third-order valence-electron chi connectivity index (χ3n) is 5.67. The van der Waals surface area contributed by atoms with Gasteiger partial charge in [0.15, 0.2) is 0 Å². The van der Waals surface area contributed by atoms with Crippen LogP contribution in [0.2, 0.25) is 0 Å². The largest absolute Gasteiger partial charge is 0.392 e. The van der Waals surface area contributed by atoms with E-state index in [1.165, 1.54) is 0 Å². The number of ether oxygens (including phenoxy) is 1. The van der Waals surface area contributed by atoms with Gasteiger partial charge in [0.25, 0.3) is 0 Å². The molecule has 1 N–H and O–H groups in total. The van der Waals surface area contributed by atoms with Crippen molar-refractivity contribution >= 4 is 17.5 Å². The lowest BCUT2D eigenvalue weighted by Crippen LogP contribution is -2.60. The number of likely N-dealkylation sites (tertiary alicyclic amines) is 1. The van der Waals surface area contributed by atoms with Crippen molar-refractivity contribution < 1.29 is 14.6 Å². The van der Waals surface area contributed by atoms with Crippen molar-refractivity contribution in [3.8, 4) is 0 Å². The van der Waals surface area contributed by atoms with Gasteiger partial charge in [-0.05, 0) is 26.2 Å². The van der Waals surface area contributed by atoms with Crippen molar-refractivity contribution in [3.63, 3.8) is 0 Å². The Balaban J connectivity index is 1.76. The van der Waals surface area contributed by atoms with E-state index in [0.29, 0.717) is 26.1 Å². The topological polar surface area (TPSA) is 82.0 Å². The molecule has 0 aliphatic carbocycles. The molecule has 1 spiro atoms. The second-order valence-corrected chi connectivity index (χ2v) is 7.77. The molecule has 1 amide bonds. The van der Waals surface area contributed by atoms with Crippen LogP contribution in [0.25, 0.3) is 0 Å². The van der Waals surface area contributed by atoms with E-state index >= 15 is 0 Å². The summed E-state index contributed by atoms with van der Waals surface area (Å²) >= 11 is 0. The zero-order chi connectivity index (χ0) is 19.4. The van der Waals surface area contributed by atoms with Gasteiger partial charge in [-0.2, -0.15) is 0 Å². The van der Waals surface area contributed by atoms with Gasteiger partial charge < -0.3 is 24.5 Å². The Labute approximate surface area is 161 Å². The fourth-order valence-electron chi connectivity index (χ4n) is 4.11. The number of carbonyl (C=O) groups is 1. The van der Waals surface area contributed by atoms with Crippen LogP contribution < -0.4 is 9.80 Å². The number of anilines is 2. The number of aromatic nitrogens is 2. The SMILES string of the molecule is CCOCC(=O)N1CCC[C@]2(C1)CN(c1cncc(N(C)C)n1)CC[C@H]2O. The second kappa shape index (κ2) is 8.39. The first-order valence-corrected chi connectivity index (χ1v) is 9.73. The van der Waals surface area contributed by atoms with Crippen molar-refractivity contribution in [3.05, 3.63) is 12.4 Å². The van der Waals surface area contributed by atoms with Gasteiger partial charge in [0.2, 0.25) is 5.91 Å². The maximum atomic E-state index is 12.4. The van der Waals surface area contributed by atoms with Crippen molar-refractivity contribution in [2.75, 3.05) is 63.3 Å². The summed E-state index contributed by atoms with van der Waals surface area (Å²) in [5.74, 6) is 1.64. The van der Waals surface area contributed by atoms with Gasteiger partial charge in [-0.25, -0.2) is 4.98 Å². The van der Waals surface area contributed by atoms with Crippen LogP contribution in [-0.4, -0.2) is 85.5 Å². The lowest BCUT2D eigenvalue weighted by Gasteiger charge is -2.51. The van der Waals surface area contributed by atoms with Crippen molar-refractivity contribution in [2.45, 2.75) is 32.3 Å². The first-order chi connectivity index (χ1) is 12.9. The highest BCUT2D eigenvalue weighted by Crippen LogP contribution is 2.40. The lowest BCUT2D eigenvalue weighted by molar-refractivity contribution is -0.142. The highest BCUT2D eigenvalue weighted by atomic mass is 16.5. The second-order valence-electron chi connectivity index (χ2n) is 7.77. The minimum absolute atomic E-state index is 0.00893. The molecule has 2 fully saturated rings. The maximum Gasteiger partial charge on any atom is 0.248 e. The number of nitrogens with zero attached hydrogens (tertiary/aromatic N) is 5. The van der Waals surface area contributed by atoms with E-state index in [9.17, 15) is 9.90 Å². The van der Waals surface area contributed by atoms with Crippen molar-refractivity contribution in [2.24, 2.45) is 5.41 Å². The Hall–Kier alpha value is -1.93. The van der Waals surface area contributed by atoms with Crippen molar-refractivity contribution in [1.82, 2.24) is 14.9 Å². The zero-order valence-corrected chi connectivity index (χ0v) is 16.6. The highest BCUT2D eigenvalue weighted by Gasteiger charge is 2.46. The fraction of sp³-hybridized carbons (Fsp3) is 0.737. The molecule has 8 nitrogen and oxygen atoms in total. The molecule has 1 aromatic heterocycles. The molecule has 2 aliphatic heterocycles. The minimum atomic E-state index is -0.415. The summed E-state index contributed by atoms with van der Waals surface area (Å²) in [7, 11) is 3.89. The van der Waals surface area contributed by atoms with Gasteiger partial charge >= 0.3 is 0 Å². The fourth-order valence-corrected chi connectivity index (χ4v) is 4.11. The molecule has 0 unspecified atom stereocenters. The Morgan fingerprint density at radius 3 is 2.93 bits per heavy atom. The summed E-state index contributed by atoms with van der Waals surface area (Å²) in [4.78, 5) is 27.4. The molecular weight excluding hydrogens is 346 g/mol. The van der Waals surface area contributed by atoms with Gasteiger partial charge in [-0.3, -0.25) is 9.78 Å². The Kier molecular flexibility index (Phi) is 6.16. The van der Waals surface area contributed by atoms with E-state index in [-0.39, 0.29) is 17.9 Å². The van der Waals surface area contributed by atoms with Gasteiger partial charge in [-0.1, -0.05) is 0 Å². The quantitative estimate of drug-likeness (QED) is 0.811. The van der Waals surface area contributed by atoms with Crippen LogP contribution in [0.1, 0.15) is 26.2 Å². The standard InChI is InChI=1S/C19H31N5O3/c1-4-27-12-18(26)24-8-5-7-19(14-24)13-23(9-6-15(19)25)17-11-20-10-16(21-17)22(2)3/h10-11,15,25H,4-9,12-14H2,1-3H3/t15-,19-/m1/s1. The molecule has 2 atom stereocenters. The number of hydrogen-bond donors (Lipinski definition) is 1. The van der Waals surface area contributed by atoms with Gasteiger partial charge in [0.1, 0.15) is 18.2 Å². The average Bonchev–Trinajstić information content (AvgIpc) is 2.68. The van der Waals surface area contributed by atoms with E-state index in [1.54, 1.807) is 12.4 Å². The first kappa shape index (κ1) is 19.8. The van der Waals surface area contributed by atoms with E-state index in [2.05, 4.69) is 9.88 Å². The number of hydrogen-bond acceptors (Lipinski definition) is 7. The zero-order valence-electron chi connectivity index (χ0n) is 16.6. The monoisotopic (exact) mass is 377 g/mol. The van der Waals surface area contributed by atoms with E-state index < -0.39 is 6.10 Å². The maximum absolute atomic E-state index is 12.4. The minimum Gasteiger partial charge on any atom is -0.392 e. The predicted molar refractivity (Wildman–Crippen MR) is 104 cm³/mol. The summed E-state index contributed by atoms with van der Waals surface area (Å²) in [5, 5.41) is 10.8. The van der Waals surface area contributed by atoms with Crippen LogP contribution >= 0.6 is 0 Å². The number of aliphatic hydroxyl groups excluding tert-OH is 1. The molecule has 150 valence electrons. The summed E-state index contributed by atoms with van der Waals surface area (Å²) in [6.45, 7) is 5.24. The predicted octanol–water partition coefficient (Wildman–Crippen LogP) is 0.759. The van der Waals surface area contributed by atoms with Crippen LogP contribution in [0.4, 0.5) is 11.6 Å². The summed E-state index contributed by atoms with van der Waals surface area (Å²) in [6.07, 6.45) is 5.57. The number of aliphatic hydroxyl groups is 1. The first-order valence-electron chi connectivity index (χ1n) is 9.73. The number of piperidine rings is 2. The Morgan fingerprint density at radius 1 is 1.37 bits per heavy atom. The third kappa shape index (κ3) is 4.32. The van der Waals surface area contributed by atoms with Crippen LogP contribution in [0.15, 0.2) is 12.4 Å². The number of carbonyl (C=O) groups excluding carboxylic acids is 1. The number of amides is 1. The normalized spacial score (nSPS) is 25.7. The molecule has 8 heteroatoms. The summed E-state index contributed by atoms with van der Waals surface area (Å²) in [6, 6.07) is 0. The molecule has 0 saturated carbocycles. The third-order valence-corrected chi connectivity index (χ3v) is 5.67. The van der Waals surface area contributed by atoms with Crippen LogP contribution in [0, 0.1) is 5.41 Å². The molecule has 0 radical (unpaired) electrons. The van der Waals surface area contributed by atoms with Gasteiger partial charge in [0, 0.05) is 52.3 Å². The Morgan fingerprint density at radius 2 is 2.19 bits per heavy atom. The smallest absolute Gasteiger partial charge is 0.248 e. The molecular formula is C19H31N5O3. The van der Waals surface area contributed by atoms with Crippen molar-refractivity contribution in [1.29, 1.82) is 0 Å². The Bertz CT molecular complexity index is 656. The molecule has 3 rings (SSSR count). The van der Waals surface area contributed by atoms with Crippen LogP contribution in [0.5, 0.6) is 0 Å². The van der Waals surface area contributed by atoms with Gasteiger partial charge in [0.05, 0.1) is 18.5 Å². The molecule has 2 aliphatic rings. The van der Waals surface area contributed by atoms with Crippen LogP contribution in [-0.2, 0) is 9.53 Å². The number of rotatable bonds is 5. The van der Waals surface area contributed by atoms with E-state index in [4.69, 9.17) is 9.72 Å². The molecule has 0 aromatic carbocycles. The molecule has 27 heavy (non-hydrogen) atoms. The lowest BCUT2D eigenvalue weighted by atomic mass is 9.71. The molecule has 2 saturated heterocycles. The molecule has 3 heterocycles. The summed E-state index contributed by atoms with van der Waals surface area (Å²) < 4.78 is 5.29. The van der Waals surface area contributed by atoms with E-state index in [0.717, 1.165) is 37.6 Å². The molecule has 0 bridgehead atoms. The summed E-state index contributed by atoms with van der Waals surface area (Å²) in [5.41, 5.74) is -0.325. The highest BCUT2D eigenvalue weighted by molar-refractivity contribution is 5.77. The molecule has 1 aromatic rings. The van der Waals surface area contributed by atoms with Crippen LogP contribution in [0.3, 0.4) is 0 Å². The average molecular weight is 377 g/mol. The van der Waals surface area contributed by atoms with Gasteiger partial charge in [-0.15, -0.1) is 0 Å². The van der Waals surface area contributed by atoms with E-state index in [1.807, 2.05) is 30.8 Å².